The number of hydrogen-bond acceptors (Lipinski definition) is 3. The molecule has 2 aliphatic rings. The van der Waals surface area contributed by atoms with Gasteiger partial charge in [-0.2, -0.15) is 0 Å². The molecule has 0 aliphatic carbocycles. The maximum atomic E-state index is 3.74. The van der Waals surface area contributed by atoms with Crippen molar-refractivity contribution in [1.29, 1.82) is 0 Å². The minimum Gasteiger partial charge on any atom is -0.315 e. The lowest BCUT2D eigenvalue weighted by atomic mass is 10.1. The minimum absolute atomic E-state index is 0.646. The molecule has 0 aromatic heterocycles. The van der Waals surface area contributed by atoms with Crippen molar-refractivity contribution in [2.45, 2.75) is 44.7 Å². The first-order valence-electron chi connectivity index (χ1n) is 6.54. The van der Waals surface area contributed by atoms with Crippen molar-refractivity contribution in [3.63, 3.8) is 0 Å². The summed E-state index contributed by atoms with van der Waals surface area (Å²) in [7, 11) is 0. The van der Waals surface area contributed by atoms with E-state index in [4.69, 9.17) is 0 Å². The zero-order chi connectivity index (χ0) is 10.5. The second-order valence-corrected chi connectivity index (χ2v) is 5.12. The largest absolute Gasteiger partial charge is 0.315 e. The molecule has 2 N–H and O–H groups in total. The first kappa shape index (κ1) is 11.4. The van der Waals surface area contributed by atoms with E-state index in [9.17, 15) is 0 Å². The van der Waals surface area contributed by atoms with Crippen LogP contribution in [0, 0.1) is 0 Å². The summed E-state index contributed by atoms with van der Waals surface area (Å²) in [5, 5.41) is 7.20. The molecule has 3 heteroatoms. The van der Waals surface area contributed by atoms with Gasteiger partial charge >= 0.3 is 0 Å². The Morgan fingerprint density at radius 3 is 2.80 bits per heavy atom. The molecule has 0 aromatic carbocycles. The molecule has 2 unspecified atom stereocenters. The van der Waals surface area contributed by atoms with Crippen molar-refractivity contribution in [2.75, 3.05) is 32.7 Å². The molecular weight excluding hydrogens is 186 g/mol. The highest BCUT2D eigenvalue weighted by Gasteiger charge is 2.18. The van der Waals surface area contributed by atoms with Gasteiger partial charge in [0.05, 0.1) is 0 Å². The van der Waals surface area contributed by atoms with Gasteiger partial charge < -0.3 is 15.5 Å². The third kappa shape index (κ3) is 3.74. The van der Waals surface area contributed by atoms with E-state index in [2.05, 4.69) is 22.5 Å². The molecule has 0 saturated carbocycles. The highest BCUT2D eigenvalue weighted by atomic mass is 15.2. The van der Waals surface area contributed by atoms with E-state index in [1.54, 1.807) is 0 Å². The van der Waals surface area contributed by atoms with Gasteiger partial charge in [-0.15, -0.1) is 0 Å². The van der Waals surface area contributed by atoms with E-state index < -0.39 is 0 Å². The van der Waals surface area contributed by atoms with Gasteiger partial charge in [0.25, 0.3) is 0 Å². The molecule has 2 rings (SSSR count). The Hall–Kier alpha value is -0.120. The minimum atomic E-state index is 0.646. The number of hydrogen-bond donors (Lipinski definition) is 2. The fourth-order valence-electron chi connectivity index (χ4n) is 2.80. The summed E-state index contributed by atoms with van der Waals surface area (Å²) >= 11 is 0. The van der Waals surface area contributed by atoms with E-state index in [1.807, 2.05) is 0 Å². The van der Waals surface area contributed by atoms with Crippen LogP contribution >= 0.6 is 0 Å². The average molecular weight is 211 g/mol. The summed E-state index contributed by atoms with van der Waals surface area (Å²) in [6.45, 7) is 8.55. The third-order valence-electron chi connectivity index (χ3n) is 3.55. The van der Waals surface area contributed by atoms with E-state index in [1.165, 1.54) is 51.9 Å². The standard InChI is InChI=1S/C12H25N3/c1-11(10-15-7-2-3-8-15)14-12-5-4-6-13-9-12/h11-14H,2-10H2,1H3. The Bertz CT molecular complexity index is 172. The van der Waals surface area contributed by atoms with Crippen molar-refractivity contribution >= 4 is 0 Å². The Morgan fingerprint density at radius 2 is 2.13 bits per heavy atom. The van der Waals surface area contributed by atoms with Crippen LogP contribution in [0.1, 0.15) is 32.6 Å². The zero-order valence-electron chi connectivity index (χ0n) is 9.97. The number of nitrogens with one attached hydrogen (secondary N) is 2. The number of rotatable bonds is 4. The molecule has 2 aliphatic heterocycles. The van der Waals surface area contributed by atoms with Gasteiger partial charge in [-0.3, -0.25) is 0 Å². The van der Waals surface area contributed by atoms with E-state index in [0.29, 0.717) is 12.1 Å². The summed E-state index contributed by atoms with van der Waals surface area (Å²) < 4.78 is 0. The Morgan fingerprint density at radius 1 is 1.33 bits per heavy atom. The summed E-state index contributed by atoms with van der Waals surface area (Å²) in [6, 6.07) is 1.35. The van der Waals surface area contributed by atoms with Crippen molar-refractivity contribution in [2.24, 2.45) is 0 Å². The average Bonchev–Trinajstić information content (AvgIpc) is 2.71. The second-order valence-electron chi connectivity index (χ2n) is 5.12. The summed E-state index contributed by atoms with van der Waals surface area (Å²) in [6.07, 6.45) is 5.47. The fourth-order valence-corrected chi connectivity index (χ4v) is 2.80. The first-order chi connectivity index (χ1) is 7.34. The molecule has 0 radical (unpaired) electrons. The number of likely N-dealkylation sites (tertiary alicyclic amines) is 1. The molecule has 2 fully saturated rings. The highest BCUT2D eigenvalue weighted by Crippen LogP contribution is 2.08. The zero-order valence-corrected chi connectivity index (χ0v) is 9.97. The predicted octanol–water partition coefficient (Wildman–Crippen LogP) is 0.812. The highest BCUT2D eigenvalue weighted by molar-refractivity contribution is 4.80. The van der Waals surface area contributed by atoms with Gasteiger partial charge in [0.15, 0.2) is 0 Å². The number of nitrogens with zero attached hydrogens (tertiary/aromatic N) is 1. The summed E-state index contributed by atoms with van der Waals surface area (Å²) in [5.41, 5.74) is 0. The van der Waals surface area contributed by atoms with Gasteiger partial charge in [-0.1, -0.05) is 0 Å². The molecule has 2 atom stereocenters. The van der Waals surface area contributed by atoms with Gasteiger partial charge in [0.2, 0.25) is 0 Å². The monoisotopic (exact) mass is 211 g/mol. The van der Waals surface area contributed by atoms with Crippen molar-refractivity contribution in [3.05, 3.63) is 0 Å². The van der Waals surface area contributed by atoms with Gasteiger partial charge in [-0.05, 0) is 52.2 Å². The Balaban J connectivity index is 1.64. The van der Waals surface area contributed by atoms with Crippen LogP contribution < -0.4 is 10.6 Å². The molecule has 2 saturated heterocycles. The molecule has 2 heterocycles. The van der Waals surface area contributed by atoms with Crippen LogP contribution in [0.5, 0.6) is 0 Å². The van der Waals surface area contributed by atoms with Gasteiger partial charge in [0, 0.05) is 25.2 Å². The van der Waals surface area contributed by atoms with Crippen molar-refractivity contribution in [1.82, 2.24) is 15.5 Å². The van der Waals surface area contributed by atoms with Crippen LogP contribution in [-0.2, 0) is 0 Å². The molecule has 0 bridgehead atoms. The quantitative estimate of drug-likeness (QED) is 0.721. The van der Waals surface area contributed by atoms with E-state index in [-0.39, 0.29) is 0 Å². The van der Waals surface area contributed by atoms with Gasteiger partial charge in [-0.25, -0.2) is 0 Å². The molecule has 3 nitrogen and oxygen atoms in total. The second kappa shape index (κ2) is 5.83. The van der Waals surface area contributed by atoms with Crippen molar-refractivity contribution < 1.29 is 0 Å². The van der Waals surface area contributed by atoms with Crippen LogP contribution in [0.3, 0.4) is 0 Å². The van der Waals surface area contributed by atoms with E-state index >= 15 is 0 Å². The molecule has 0 spiro atoms. The van der Waals surface area contributed by atoms with Gasteiger partial charge in [0.1, 0.15) is 0 Å². The molecule has 15 heavy (non-hydrogen) atoms. The maximum absolute atomic E-state index is 3.74. The summed E-state index contributed by atoms with van der Waals surface area (Å²) in [5.74, 6) is 0. The molecule has 88 valence electrons. The SMILES string of the molecule is CC(CN1CCCC1)NC1CCCNC1. The van der Waals surface area contributed by atoms with Crippen LogP contribution in [-0.4, -0.2) is 49.7 Å². The molecule has 0 aromatic rings. The number of piperidine rings is 1. The Kier molecular flexibility index (Phi) is 4.42. The smallest absolute Gasteiger partial charge is 0.0195 e. The summed E-state index contributed by atoms with van der Waals surface area (Å²) in [4.78, 5) is 2.59. The lowest BCUT2D eigenvalue weighted by Crippen LogP contribution is -2.49. The van der Waals surface area contributed by atoms with Crippen LogP contribution in [0.25, 0.3) is 0 Å². The maximum Gasteiger partial charge on any atom is 0.0195 e. The predicted molar refractivity (Wildman–Crippen MR) is 64.2 cm³/mol. The lowest BCUT2D eigenvalue weighted by Gasteiger charge is -2.29. The van der Waals surface area contributed by atoms with Crippen LogP contribution in [0.15, 0.2) is 0 Å². The topological polar surface area (TPSA) is 27.3 Å². The lowest BCUT2D eigenvalue weighted by molar-refractivity contribution is 0.271. The normalized spacial score (nSPS) is 30.6. The van der Waals surface area contributed by atoms with Crippen LogP contribution in [0.4, 0.5) is 0 Å². The third-order valence-corrected chi connectivity index (χ3v) is 3.55. The fraction of sp³-hybridized carbons (Fsp3) is 1.00. The van der Waals surface area contributed by atoms with Crippen LogP contribution in [0.2, 0.25) is 0 Å². The molecule has 0 amide bonds. The first-order valence-corrected chi connectivity index (χ1v) is 6.54. The molecular formula is C12H25N3. The van der Waals surface area contributed by atoms with E-state index in [0.717, 1.165) is 6.54 Å². The Labute approximate surface area is 93.6 Å². The van der Waals surface area contributed by atoms with Crippen molar-refractivity contribution in [3.8, 4) is 0 Å².